The summed E-state index contributed by atoms with van der Waals surface area (Å²) in [6.07, 6.45) is 2.23. The van der Waals surface area contributed by atoms with Crippen LogP contribution in [-0.2, 0) is 19.3 Å². The van der Waals surface area contributed by atoms with Gasteiger partial charge in [-0.25, -0.2) is 0 Å². The Bertz CT molecular complexity index is 1440. The van der Waals surface area contributed by atoms with Crippen LogP contribution in [0, 0.1) is 17.3 Å². The molecule has 0 N–H and O–H groups in total. The first-order valence-electron chi connectivity index (χ1n) is 16.0. The molecule has 1 aliphatic rings. The molecular formula is C38H50O7Si. The number of rotatable bonds is 14. The molecule has 0 amide bonds. The van der Waals surface area contributed by atoms with Gasteiger partial charge in [-0.3, -0.25) is 0 Å². The summed E-state index contributed by atoms with van der Waals surface area (Å²) in [5.74, 6) is 9.69. The van der Waals surface area contributed by atoms with Crippen molar-refractivity contribution in [2.24, 2.45) is 5.41 Å². The predicted molar refractivity (Wildman–Crippen MR) is 185 cm³/mol. The number of hydrogen-bond acceptors (Lipinski definition) is 7. The third kappa shape index (κ3) is 9.76. The van der Waals surface area contributed by atoms with E-state index in [9.17, 15) is 0 Å². The molecule has 0 radical (unpaired) electrons. The minimum Gasteiger partial charge on any atom is -0.492 e. The van der Waals surface area contributed by atoms with E-state index in [-0.39, 0.29) is 37.6 Å². The molecule has 0 saturated heterocycles. The minimum absolute atomic E-state index is 0.118. The van der Waals surface area contributed by atoms with Gasteiger partial charge in [0.2, 0.25) is 0 Å². The second-order valence-electron chi connectivity index (χ2n) is 13.4. The third-order valence-corrected chi connectivity index (χ3v) is 8.94. The molecule has 0 aromatic heterocycles. The normalized spacial score (nSPS) is 18.2. The van der Waals surface area contributed by atoms with E-state index in [4.69, 9.17) is 32.8 Å². The Balaban J connectivity index is 1.52. The van der Waals surface area contributed by atoms with Gasteiger partial charge in [0.05, 0.1) is 18.6 Å². The molecule has 3 aromatic rings. The molecule has 1 heterocycles. The van der Waals surface area contributed by atoms with Crippen LogP contribution in [0.25, 0.3) is 0 Å². The smallest absolute Gasteiger partial charge is 0.188 e. The van der Waals surface area contributed by atoms with Crippen molar-refractivity contribution in [3.8, 4) is 34.8 Å². The van der Waals surface area contributed by atoms with Crippen molar-refractivity contribution in [1.82, 2.24) is 0 Å². The van der Waals surface area contributed by atoms with Crippen molar-refractivity contribution in [2.75, 3.05) is 41.0 Å². The van der Waals surface area contributed by atoms with E-state index in [0.29, 0.717) is 12.4 Å². The number of ether oxygens (including phenoxy) is 6. The highest BCUT2D eigenvalue weighted by Crippen LogP contribution is 2.47. The number of hydrogen-bond donors (Lipinski definition) is 0. The van der Waals surface area contributed by atoms with Crippen molar-refractivity contribution in [2.45, 2.75) is 71.1 Å². The highest BCUT2D eigenvalue weighted by Gasteiger charge is 2.42. The average Bonchev–Trinajstić information content (AvgIpc) is 3.03. The summed E-state index contributed by atoms with van der Waals surface area (Å²) in [7, 11) is 2.02. The van der Waals surface area contributed by atoms with Gasteiger partial charge < -0.3 is 32.8 Å². The van der Waals surface area contributed by atoms with E-state index >= 15 is 0 Å². The Morgan fingerprint density at radius 2 is 1.48 bits per heavy atom. The fourth-order valence-electron chi connectivity index (χ4n) is 5.54. The second-order valence-corrected chi connectivity index (χ2v) is 15.8. The molecule has 4 rings (SSSR count). The Morgan fingerprint density at radius 1 is 0.870 bits per heavy atom. The van der Waals surface area contributed by atoms with Crippen LogP contribution in [0.4, 0.5) is 0 Å². The molecule has 3 aromatic carbocycles. The van der Waals surface area contributed by atoms with Gasteiger partial charge in [0.1, 0.15) is 29.6 Å². The standard InChI is InChI=1S/C38H50O7Si/c1-37(2,3)22-21-35(45-46(7)8)28-11-15-30(16-12-28)41-23-9-10-34-33-20-19-32(44-27-40-6)24-36(33)42-25-38(34,4)29-13-17-31(18-14-29)43-26-39-5/h11-20,24,34-35,46H,21-23,25-27H2,1-8H3. The summed E-state index contributed by atoms with van der Waals surface area (Å²) in [6, 6.07) is 22.2. The van der Waals surface area contributed by atoms with Crippen LogP contribution in [0.3, 0.4) is 0 Å². The maximum atomic E-state index is 6.41. The van der Waals surface area contributed by atoms with Crippen molar-refractivity contribution in [3.05, 3.63) is 83.4 Å². The molecule has 0 saturated carbocycles. The molecule has 3 atom stereocenters. The van der Waals surface area contributed by atoms with E-state index in [2.05, 4.69) is 76.9 Å². The number of benzene rings is 3. The molecule has 1 aliphatic heterocycles. The Kier molecular flexibility index (Phi) is 12.6. The van der Waals surface area contributed by atoms with Crippen LogP contribution in [-0.4, -0.2) is 50.1 Å². The Labute approximate surface area is 277 Å². The molecule has 248 valence electrons. The molecule has 0 bridgehead atoms. The van der Waals surface area contributed by atoms with E-state index < -0.39 is 14.5 Å². The average molecular weight is 647 g/mol. The highest BCUT2D eigenvalue weighted by atomic mass is 28.3. The number of fused-ring (bicyclic) bond motifs is 1. The molecule has 0 aliphatic carbocycles. The highest BCUT2D eigenvalue weighted by molar-refractivity contribution is 6.48. The van der Waals surface area contributed by atoms with Crippen LogP contribution in [0.15, 0.2) is 66.7 Å². The van der Waals surface area contributed by atoms with E-state index in [0.717, 1.165) is 41.2 Å². The zero-order valence-corrected chi connectivity index (χ0v) is 29.8. The van der Waals surface area contributed by atoms with Crippen LogP contribution in [0.5, 0.6) is 23.0 Å². The van der Waals surface area contributed by atoms with Crippen molar-refractivity contribution in [3.63, 3.8) is 0 Å². The van der Waals surface area contributed by atoms with Crippen LogP contribution in [0.2, 0.25) is 13.1 Å². The summed E-state index contributed by atoms with van der Waals surface area (Å²) >= 11 is 0. The Hall–Kier alpha value is -3.48. The molecular weight excluding hydrogens is 596 g/mol. The zero-order valence-electron chi connectivity index (χ0n) is 28.7. The topological polar surface area (TPSA) is 64.6 Å². The summed E-state index contributed by atoms with van der Waals surface area (Å²) < 4.78 is 40.2. The second kappa shape index (κ2) is 16.4. The van der Waals surface area contributed by atoms with Crippen molar-refractivity contribution < 1.29 is 32.8 Å². The first kappa shape index (κ1) is 35.4. The summed E-state index contributed by atoms with van der Waals surface area (Å²) in [4.78, 5) is 0. The summed E-state index contributed by atoms with van der Waals surface area (Å²) in [5, 5.41) is 0. The molecule has 0 fully saturated rings. The van der Waals surface area contributed by atoms with E-state index in [1.165, 1.54) is 5.56 Å². The fourth-order valence-corrected chi connectivity index (χ4v) is 6.49. The first-order valence-corrected chi connectivity index (χ1v) is 18.8. The van der Waals surface area contributed by atoms with Gasteiger partial charge in [-0.2, -0.15) is 0 Å². The lowest BCUT2D eigenvalue weighted by Crippen LogP contribution is -2.40. The summed E-state index contributed by atoms with van der Waals surface area (Å²) in [5.41, 5.74) is 3.16. The van der Waals surface area contributed by atoms with Gasteiger partial charge in [0, 0.05) is 31.3 Å². The van der Waals surface area contributed by atoms with Gasteiger partial charge >= 0.3 is 0 Å². The maximum absolute atomic E-state index is 6.41. The van der Waals surface area contributed by atoms with Gasteiger partial charge in [-0.05, 0) is 72.8 Å². The van der Waals surface area contributed by atoms with E-state index in [1.807, 2.05) is 42.5 Å². The van der Waals surface area contributed by atoms with Gasteiger partial charge in [0.15, 0.2) is 22.6 Å². The van der Waals surface area contributed by atoms with Gasteiger partial charge in [-0.15, -0.1) is 0 Å². The monoisotopic (exact) mass is 646 g/mol. The van der Waals surface area contributed by atoms with Gasteiger partial charge in [-0.1, -0.05) is 69.9 Å². The Morgan fingerprint density at radius 3 is 2.11 bits per heavy atom. The van der Waals surface area contributed by atoms with Crippen molar-refractivity contribution >= 4 is 9.04 Å². The van der Waals surface area contributed by atoms with Crippen LogP contribution < -0.4 is 18.9 Å². The zero-order chi connectivity index (χ0) is 33.2. The van der Waals surface area contributed by atoms with Crippen LogP contribution >= 0.6 is 0 Å². The molecule has 0 spiro atoms. The van der Waals surface area contributed by atoms with Crippen LogP contribution in [0.1, 0.15) is 69.2 Å². The lowest BCUT2D eigenvalue weighted by Gasteiger charge is -2.40. The van der Waals surface area contributed by atoms with Crippen molar-refractivity contribution in [1.29, 1.82) is 0 Å². The first-order chi connectivity index (χ1) is 22.0. The fraction of sp³-hybridized carbons (Fsp3) is 0.474. The largest absolute Gasteiger partial charge is 0.492 e. The minimum atomic E-state index is -1.19. The summed E-state index contributed by atoms with van der Waals surface area (Å²) in [6.45, 7) is 14.6. The molecule has 46 heavy (non-hydrogen) atoms. The molecule has 7 nitrogen and oxygen atoms in total. The predicted octanol–water partition coefficient (Wildman–Crippen LogP) is 8.04. The third-order valence-electron chi connectivity index (χ3n) is 8.06. The van der Waals surface area contributed by atoms with E-state index in [1.54, 1.807) is 14.2 Å². The van der Waals surface area contributed by atoms with Gasteiger partial charge in [0.25, 0.3) is 0 Å². The SMILES string of the molecule is COCOc1ccc(C2(C)COc3cc(OCOC)ccc3C2C#CCOc2ccc(C(CCC(C)(C)C)O[SiH](C)C)cc2)cc1. The maximum Gasteiger partial charge on any atom is 0.188 e. The molecule has 8 heteroatoms. The quantitative estimate of drug-likeness (QED) is 0.0998. The number of methoxy groups -OCH3 is 2. The molecule has 3 unspecified atom stereocenters. The lowest BCUT2D eigenvalue weighted by atomic mass is 9.68. The lowest BCUT2D eigenvalue weighted by molar-refractivity contribution is 0.0505.